The van der Waals surface area contributed by atoms with Crippen molar-refractivity contribution in [1.82, 2.24) is 0 Å². The first-order chi connectivity index (χ1) is 6.73. The Kier molecular flexibility index (Phi) is 8.63. The minimum atomic E-state index is -1.29. The fourth-order valence-corrected chi connectivity index (χ4v) is 12.2. The molecule has 1 nitrogen and oxygen atoms in total. The second-order valence-corrected chi connectivity index (χ2v) is 16.0. The summed E-state index contributed by atoms with van der Waals surface area (Å²) in [6, 6.07) is 11.6. The Balaban J connectivity index is 0. The molecule has 0 heterocycles. The fraction of sp³-hybridized carbons (Fsp3) is 0.500. The van der Waals surface area contributed by atoms with Crippen LogP contribution in [0.4, 0.5) is 5.69 Å². The van der Waals surface area contributed by atoms with E-state index in [4.69, 9.17) is 0 Å². The van der Waals surface area contributed by atoms with E-state index < -0.39 is 16.5 Å². The Hall–Kier alpha value is 0.700. The van der Waals surface area contributed by atoms with E-state index in [1.54, 1.807) is 0 Å². The summed E-state index contributed by atoms with van der Waals surface area (Å²) < 4.78 is 2.70. The molecule has 5 heteroatoms. The zero-order chi connectivity index (χ0) is 11.7. The molecule has 92 valence electrons. The van der Waals surface area contributed by atoms with Gasteiger partial charge in [-0.2, -0.15) is 30.3 Å². The van der Waals surface area contributed by atoms with Crippen LogP contribution >= 0.6 is 0 Å². The van der Waals surface area contributed by atoms with Crippen LogP contribution in [0, 0.1) is 6.07 Å². The van der Waals surface area contributed by atoms with Crippen LogP contribution in [0.2, 0.25) is 39.3 Å². The average Bonchev–Trinajstić information content (AvgIpc) is 2.00. The molecule has 0 radical (unpaired) electrons. The molecule has 0 saturated heterocycles. The molecule has 0 atom stereocenters. The monoisotopic (exact) mass is 339 g/mol. The molecular formula is C12H22BrMgNSi2. The van der Waals surface area contributed by atoms with Gasteiger partial charge in [-0.15, -0.1) is 0 Å². The first kappa shape index (κ1) is 20.0. The molecule has 1 aromatic carbocycles. The fourth-order valence-electron chi connectivity index (χ4n) is 2.30. The third-order valence-electron chi connectivity index (χ3n) is 2.29. The second-order valence-electron chi connectivity index (χ2n) is 5.94. The van der Waals surface area contributed by atoms with Crippen LogP contribution < -0.4 is 21.2 Å². The predicted molar refractivity (Wildman–Crippen MR) is 80.2 cm³/mol. The standard InChI is InChI=1S/C12H22NSi2.BrH.Mg/c1-14(2,3)13(15(4,5)6)12-10-8-7-9-11-12;;/h7-8,10-11H,1-6H3;1H;/q-1;;+2/p-1. The van der Waals surface area contributed by atoms with Crippen LogP contribution in [0.1, 0.15) is 0 Å². The molecule has 0 aliphatic heterocycles. The van der Waals surface area contributed by atoms with Crippen molar-refractivity contribution in [2.24, 2.45) is 0 Å². The molecule has 0 saturated carbocycles. The number of anilines is 1. The molecule has 0 N–H and O–H groups in total. The molecule has 1 rings (SSSR count). The maximum absolute atomic E-state index is 3.19. The van der Waals surface area contributed by atoms with E-state index in [2.05, 4.69) is 67.8 Å². The van der Waals surface area contributed by atoms with E-state index in [0.717, 1.165) is 0 Å². The molecule has 0 spiro atoms. The number of nitrogens with zero attached hydrogens (tertiary/aromatic N) is 1. The molecule has 0 bridgehead atoms. The minimum absolute atomic E-state index is 0. The molecule has 0 fully saturated rings. The van der Waals surface area contributed by atoms with Gasteiger partial charge in [-0.3, -0.25) is 0 Å². The summed E-state index contributed by atoms with van der Waals surface area (Å²) in [5.74, 6) is 0. The number of rotatable bonds is 3. The molecular weight excluding hydrogens is 319 g/mol. The Morgan fingerprint density at radius 2 is 1.47 bits per heavy atom. The zero-order valence-electron chi connectivity index (χ0n) is 11.8. The summed E-state index contributed by atoms with van der Waals surface area (Å²) in [6.07, 6.45) is 0. The largest absolute Gasteiger partial charge is 2.00 e. The van der Waals surface area contributed by atoms with Crippen LogP contribution in [0.15, 0.2) is 24.3 Å². The smallest absolute Gasteiger partial charge is 1.00 e. The van der Waals surface area contributed by atoms with Gasteiger partial charge in [0.05, 0.1) is 0 Å². The number of halogens is 1. The van der Waals surface area contributed by atoms with E-state index in [0.29, 0.717) is 0 Å². The van der Waals surface area contributed by atoms with Crippen LogP contribution in [-0.4, -0.2) is 39.5 Å². The summed E-state index contributed by atoms with van der Waals surface area (Å²) in [5, 5.41) is 0. The normalized spacial score (nSPS) is 11.2. The molecule has 0 aromatic heterocycles. The van der Waals surface area contributed by atoms with Crippen molar-refractivity contribution >= 4 is 45.2 Å². The van der Waals surface area contributed by atoms with Crippen molar-refractivity contribution in [3.05, 3.63) is 30.3 Å². The van der Waals surface area contributed by atoms with Crippen LogP contribution in [-0.2, 0) is 0 Å². The Labute approximate surface area is 135 Å². The molecule has 0 unspecified atom stereocenters. The van der Waals surface area contributed by atoms with Gasteiger partial charge in [-0.1, -0.05) is 45.0 Å². The van der Waals surface area contributed by atoms with Crippen molar-refractivity contribution in [1.29, 1.82) is 0 Å². The van der Waals surface area contributed by atoms with Gasteiger partial charge in [0, 0.05) is 0 Å². The van der Waals surface area contributed by atoms with Crippen molar-refractivity contribution in [3.63, 3.8) is 0 Å². The summed E-state index contributed by atoms with van der Waals surface area (Å²) in [6.45, 7) is 14.5. The van der Waals surface area contributed by atoms with Crippen molar-refractivity contribution in [2.75, 3.05) is 4.23 Å². The van der Waals surface area contributed by atoms with Gasteiger partial charge in [0.1, 0.15) is 16.5 Å². The zero-order valence-corrected chi connectivity index (χ0v) is 16.8. The third kappa shape index (κ3) is 5.92. The SMILES string of the molecule is C[Si](C)(C)N(c1c[c-]ccc1)[Si](C)(C)C.[Br-].[Mg+2]. The maximum atomic E-state index is 3.19. The molecule has 1 aromatic rings. The number of benzene rings is 1. The van der Waals surface area contributed by atoms with Gasteiger partial charge in [-0.05, 0) is 0 Å². The van der Waals surface area contributed by atoms with Gasteiger partial charge >= 0.3 is 23.1 Å². The van der Waals surface area contributed by atoms with E-state index in [1.807, 2.05) is 6.07 Å². The maximum Gasteiger partial charge on any atom is 2.00 e. The van der Waals surface area contributed by atoms with Crippen LogP contribution in [0.5, 0.6) is 0 Å². The summed E-state index contributed by atoms with van der Waals surface area (Å²) in [7, 11) is -2.58. The second kappa shape index (κ2) is 7.33. The summed E-state index contributed by atoms with van der Waals surface area (Å²) in [4.78, 5) is 0. The quantitative estimate of drug-likeness (QED) is 0.575. The van der Waals surface area contributed by atoms with Crippen molar-refractivity contribution < 1.29 is 17.0 Å². The molecule has 0 amide bonds. The third-order valence-corrected chi connectivity index (χ3v) is 9.52. The van der Waals surface area contributed by atoms with Gasteiger partial charge in [0.15, 0.2) is 0 Å². The van der Waals surface area contributed by atoms with Gasteiger partial charge in [0.25, 0.3) is 0 Å². The van der Waals surface area contributed by atoms with Crippen LogP contribution in [0.25, 0.3) is 0 Å². The predicted octanol–water partition coefficient (Wildman–Crippen LogP) is 0.586. The van der Waals surface area contributed by atoms with Crippen molar-refractivity contribution in [3.8, 4) is 0 Å². The van der Waals surface area contributed by atoms with Gasteiger partial charge in [0.2, 0.25) is 0 Å². The first-order valence-electron chi connectivity index (χ1n) is 5.49. The Morgan fingerprint density at radius 1 is 1.00 bits per heavy atom. The van der Waals surface area contributed by atoms with E-state index >= 15 is 0 Å². The van der Waals surface area contributed by atoms with E-state index in [9.17, 15) is 0 Å². The topological polar surface area (TPSA) is 3.24 Å². The molecule has 17 heavy (non-hydrogen) atoms. The Bertz CT molecular complexity index is 306. The molecule has 0 aliphatic carbocycles. The average molecular weight is 341 g/mol. The Morgan fingerprint density at radius 3 is 1.76 bits per heavy atom. The number of hydrogen-bond acceptors (Lipinski definition) is 1. The summed E-state index contributed by atoms with van der Waals surface area (Å²) in [5.41, 5.74) is 1.36. The first-order valence-corrected chi connectivity index (χ1v) is 12.4. The minimum Gasteiger partial charge on any atom is -1.00 e. The van der Waals surface area contributed by atoms with Crippen LogP contribution in [0.3, 0.4) is 0 Å². The summed E-state index contributed by atoms with van der Waals surface area (Å²) >= 11 is 0. The van der Waals surface area contributed by atoms with Gasteiger partial charge < -0.3 is 21.2 Å². The number of hydrogen-bond donors (Lipinski definition) is 0. The molecule has 0 aliphatic rings. The van der Waals surface area contributed by atoms with Crippen molar-refractivity contribution in [2.45, 2.75) is 39.3 Å². The van der Waals surface area contributed by atoms with E-state index in [1.165, 1.54) is 5.69 Å². The van der Waals surface area contributed by atoms with E-state index in [-0.39, 0.29) is 40.0 Å². The van der Waals surface area contributed by atoms with Gasteiger partial charge in [-0.25, -0.2) is 0 Å².